The van der Waals surface area contributed by atoms with Gasteiger partial charge in [0.25, 0.3) is 5.91 Å². The van der Waals surface area contributed by atoms with E-state index in [1.165, 1.54) is 53.7 Å². The molecule has 12 nitrogen and oxygen atoms in total. The number of nitrogens with zero attached hydrogens (tertiary/aromatic N) is 5. The Hall–Kier alpha value is -5.66. The van der Waals surface area contributed by atoms with Gasteiger partial charge in [-0.1, -0.05) is 13.3 Å². The number of carbonyl (C=O) groups excluding carboxylic acids is 2. The number of ether oxygens (including phenoxy) is 2. The Balaban J connectivity index is 1.34. The average Bonchev–Trinajstić information content (AvgIpc) is 3.50. The van der Waals surface area contributed by atoms with Gasteiger partial charge >= 0.3 is 6.03 Å². The predicted octanol–water partition coefficient (Wildman–Crippen LogP) is 6.24. The van der Waals surface area contributed by atoms with Crippen LogP contribution < -0.4 is 25.4 Å². The first-order valence-electron chi connectivity index (χ1n) is 14.2. The van der Waals surface area contributed by atoms with Gasteiger partial charge < -0.3 is 25.4 Å². The van der Waals surface area contributed by atoms with E-state index in [4.69, 9.17) is 9.47 Å². The number of rotatable bonds is 11. The second kappa shape index (κ2) is 13.8. The highest BCUT2D eigenvalue weighted by molar-refractivity contribution is 6.01. The number of fused-ring (bicyclic) bond motifs is 1. The zero-order chi connectivity index (χ0) is 31.9. The number of unbranched alkanes of at least 4 members (excludes halogenated alkanes) is 1. The number of amides is 3. The molecule has 0 aliphatic heterocycles. The maximum atomic E-state index is 15.2. The Bertz CT molecular complexity index is 1830. The van der Waals surface area contributed by atoms with E-state index in [0.717, 1.165) is 18.9 Å². The molecule has 0 unspecified atom stereocenters. The summed E-state index contributed by atoms with van der Waals surface area (Å²) in [6.45, 7) is 6.25. The smallest absolute Gasteiger partial charge is 0.319 e. The SMILES string of the molecule is CCCCNC(=O)Nc1cc2c(Oc3ccc(NC(=O)c4ncn(-c5ccc(F)cc5)n4)cc3F)ncnc2cc1OC(C)C. The van der Waals surface area contributed by atoms with Crippen molar-refractivity contribution in [1.82, 2.24) is 30.0 Å². The number of nitrogens with one attached hydrogen (secondary N) is 3. The lowest BCUT2D eigenvalue weighted by molar-refractivity contribution is 0.101. The van der Waals surface area contributed by atoms with Crippen LogP contribution in [-0.2, 0) is 0 Å². The third-order valence-electron chi connectivity index (χ3n) is 6.31. The number of halogens is 2. The number of hydrogen-bond donors (Lipinski definition) is 3. The molecule has 2 heterocycles. The quantitative estimate of drug-likeness (QED) is 0.148. The number of urea groups is 1. The monoisotopic (exact) mass is 616 g/mol. The Morgan fingerprint density at radius 3 is 2.49 bits per heavy atom. The maximum Gasteiger partial charge on any atom is 0.319 e. The van der Waals surface area contributed by atoms with Gasteiger partial charge in [-0.3, -0.25) is 4.79 Å². The zero-order valence-corrected chi connectivity index (χ0v) is 24.7. The van der Waals surface area contributed by atoms with E-state index < -0.39 is 23.6 Å². The van der Waals surface area contributed by atoms with Crippen molar-refractivity contribution in [2.24, 2.45) is 0 Å². The van der Waals surface area contributed by atoms with Crippen molar-refractivity contribution in [3.05, 3.63) is 84.7 Å². The summed E-state index contributed by atoms with van der Waals surface area (Å²) in [6.07, 6.45) is 4.16. The molecule has 2 aromatic heterocycles. The molecular weight excluding hydrogens is 586 g/mol. The lowest BCUT2D eigenvalue weighted by atomic mass is 10.2. The summed E-state index contributed by atoms with van der Waals surface area (Å²) in [5.74, 6) is -1.76. The third kappa shape index (κ3) is 7.65. The van der Waals surface area contributed by atoms with Gasteiger partial charge in [0, 0.05) is 24.4 Å². The lowest BCUT2D eigenvalue weighted by Gasteiger charge is -2.17. The van der Waals surface area contributed by atoms with Gasteiger partial charge in [-0.25, -0.2) is 33.2 Å². The summed E-state index contributed by atoms with van der Waals surface area (Å²) < 4.78 is 41.4. The largest absolute Gasteiger partial charge is 0.489 e. The zero-order valence-electron chi connectivity index (χ0n) is 24.7. The first-order valence-corrected chi connectivity index (χ1v) is 14.2. The summed E-state index contributed by atoms with van der Waals surface area (Å²) >= 11 is 0. The van der Waals surface area contributed by atoms with Crippen molar-refractivity contribution in [1.29, 1.82) is 0 Å². The lowest BCUT2D eigenvalue weighted by Crippen LogP contribution is -2.29. The van der Waals surface area contributed by atoms with Crippen LogP contribution in [0.1, 0.15) is 44.2 Å². The van der Waals surface area contributed by atoms with Crippen molar-refractivity contribution >= 4 is 34.2 Å². The van der Waals surface area contributed by atoms with E-state index in [-0.39, 0.29) is 29.2 Å². The van der Waals surface area contributed by atoms with Crippen LogP contribution in [0.2, 0.25) is 0 Å². The highest BCUT2D eigenvalue weighted by atomic mass is 19.1. The Labute approximate surface area is 256 Å². The molecule has 3 aromatic carbocycles. The number of aromatic nitrogens is 5. The Morgan fingerprint density at radius 2 is 1.76 bits per heavy atom. The van der Waals surface area contributed by atoms with Crippen LogP contribution in [0.3, 0.4) is 0 Å². The van der Waals surface area contributed by atoms with Crippen molar-refractivity contribution in [3.63, 3.8) is 0 Å². The third-order valence-corrected chi connectivity index (χ3v) is 6.31. The average molecular weight is 617 g/mol. The van der Waals surface area contributed by atoms with E-state index >= 15 is 4.39 Å². The van der Waals surface area contributed by atoms with Gasteiger partial charge in [0.2, 0.25) is 11.7 Å². The van der Waals surface area contributed by atoms with E-state index in [1.54, 1.807) is 12.1 Å². The molecule has 0 spiro atoms. The van der Waals surface area contributed by atoms with Gasteiger partial charge in [-0.15, -0.1) is 5.10 Å². The van der Waals surface area contributed by atoms with Crippen molar-refractivity contribution in [2.75, 3.05) is 17.2 Å². The second-order valence-corrected chi connectivity index (χ2v) is 10.1. The van der Waals surface area contributed by atoms with Crippen molar-refractivity contribution in [3.8, 4) is 23.1 Å². The molecule has 0 aliphatic rings. The molecule has 0 radical (unpaired) electrons. The van der Waals surface area contributed by atoms with E-state index in [0.29, 0.717) is 34.6 Å². The van der Waals surface area contributed by atoms with Gasteiger partial charge in [-0.2, -0.15) is 0 Å². The van der Waals surface area contributed by atoms with Crippen molar-refractivity contribution < 1.29 is 27.8 Å². The molecule has 232 valence electrons. The van der Waals surface area contributed by atoms with E-state index in [1.807, 2.05) is 20.8 Å². The van der Waals surface area contributed by atoms with Gasteiger partial charge in [-0.05, 0) is 62.7 Å². The molecule has 0 bridgehead atoms. The maximum absolute atomic E-state index is 15.2. The molecule has 45 heavy (non-hydrogen) atoms. The standard InChI is InChI=1S/C31H30F2N8O4/c1-4-5-12-34-31(43)39-25-14-22-24(15-27(25)44-18(2)3)35-16-36-30(22)45-26-11-8-20(13-23(26)33)38-29(42)28-37-17-41(40-28)21-9-6-19(32)7-10-21/h6-11,13-18H,4-5,12H2,1-3H3,(H,38,42)(H2,34,39,43). The van der Waals surface area contributed by atoms with Gasteiger partial charge in [0.15, 0.2) is 11.6 Å². The fourth-order valence-corrected chi connectivity index (χ4v) is 4.17. The van der Waals surface area contributed by atoms with Crippen LogP contribution in [0.5, 0.6) is 17.4 Å². The van der Waals surface area contributed by atoms with E-state index in [2.05, 4.69) is 36.0 Å². The molecule has 3 amide bonds. The first-order chi connectivity index (χ1) is 21.7. The molecule has 0 saturated carbocycles. The number of benzene rings is 3. The highest BCUT2D eigenvalue weighted by Gasteiger charge is 2.18. The molecule has 3 N–H and O–H groups in total. The fraction of sp³-hybridized carbons (Fsp3) is 0.226. The molecular formula is C31H30F2N8O4. The molecule has 5 aromatic rings. The fourth-order valence-electron chi connectivity index (χ4n) is 4.17. The summed E-state index contributed by atoms with van der Waals surface area (Å²) in [6, 6.07) is 12.2. The molecule has 0 aliphatic carbocycles. The van der Waals surface area contributed by atoms with Gasteiger partial charge in [0.1, 0.15) is 24.2 Å². The second-order valence-electron chi connectivity index (χ2n) is 10.1. The molecule has 0 fully saturated rings. The molecule has 0 atom stereocenters. The number of anilines is 2. The van der Waals surface area contributed by atoms with E-state index in [9.17, 15) is 14.0 Å². The van der Waals surface area contributed by atoms with Crippen LogP contribution in [0.15, 0.2) is 67.3 Å². The highest BCUT2D eigenvalue weighted by Crippen LogP contribution is 2.36. The molecule has 0 saturated heterocycles. The minimum absolute atomic E-state index is 0.0387. The van der Waals surface area contributed by atoms with Crippen LogP contribution in [0.4, 0.5) is 25.0 Å². The number of hydrogen-bond acceptors (Lipinski definition) is 8. The first kappa shape index (κ1) is 30.8. The van der Waals surface area contributed by atoms with Crippen LogP contribution in [-0.4, -0.2) is 49.3 Å². The summed E-state index contributed by atoms with van der Waals surface area (Å²) in [7, 11) is 0. The summed E-state index contributed by atoms with van der Waals surface area (Å²) in [5.41, 5.74) is 1.45. The van der Waals surface area contributed by atoms with Gasteiger partial charge in [0.05, 0.1) is 28.4 Å². The minimum atomic E-state index is -0.780. The van der Waals surface area contributed by atoms with Crippen molar-refractivity contribution in [2.45, 2.75) is 39.7 Å². The Kier molecular flexibility index (Phi) is 9.41. The number of carbonyl (C=O) groups is 2. The molecule has 5 rings (SSSR count). The predicted molar refractivity (Wildman–Crippen MR) is 163 cm³/mol. The topological polar surface area (TPSA) is 145 Å². The molecule has 14 heteroatoms. The normalized spacial score (nSPS) is 11.0. The van der Waals surface area contributed by atoms with Crippen LogP contribution in [0, 0.1) is 11.6 Å². The van der Waals surface area contributed by atoms with Crippen LogP contribution in [0.25, 0.3) is 16.6 Å². The Morgan fingerprint density at radius 1 is 0.956 bits per heavy atom. The minimum Gasteiger partial charge on any atom is -0.489 e. The van der Waals surface area contributed by atoms with Crippen LogP contribution >= 0.6 is 0 Å². The summed E-state index contributed by atoms with van der Waals surface area (Å²) in [4.78, 5) is 37.7. The summed E-state index contributed by atoms with van der Waals surface area (Å²) in [5, 5.41) is 12.6.